The third-order valence-corrected chi connectivity index (χ3v) is 2.96. The summed E-state index contributed by atoms with van der Waals surface area (Å²) >= 11 is 0. The van der Waals surface area contributed by atoms with Crippen LogP contribution in [0.1, 0.15) is 11.1 Å². The van der Waals surface area contributed by atoms with Crippen molar-refractivity contribution in [3.8, 4) is 0 Å². The molecular formula is C12H15N5O2. The van der Waals surface area contributed by atoms with Crippen molar-refractivity contribution in [2.75, 3.05) is 0 Å². The van der Waals surface area contributed by atoms with Gasteiger partial charge in [-0.05, 0) is 18.1 Å². The number of rotatable bonds is 3. The predicted octanol–water partition coefficient (Wildman–Crippen LogP) is 0.229. The molecule has 2 rings (SSSR count). The number of aryl methyl sites for hydroxylation is 1. The number of benzene rings is 1. The van der Waals surface area contributed by atoms with Gasteiger partial charge in [0.2, 0.25) is 5.84 Å². The fraction of sp³-hybridized carbons (Fsp3) is 0.250. The van der Waals surface area contributed by atoms with Crippen molar-refractivity contribution in [3.05, 3.63) is 57.4 Å². The predicted molar refractivity (Wildman–Crippen MR) is 71.6 cm³/mol. The molecule has 1 aromatic rings. The Balaban J connectivity index is 2.24. The highest BCUT2D eigenvalue weighted by Crippen LogP contribution is 2.17. The summed E-state index contributed by atoms with van der Waals surface area (Å²) in [4.78, 5) is 14.1. The zero-order valence-electron chi connectivity index (χ0n) is 10.5. The Labute approximate surface area is 110 Å². The van der Waals surface area contributed by atoms with Crippen molar-refractivity contribution in [3.63, 3.8) is 0 Å². The summed E-state index contributed by atoms with van der Waals surface area (Å²) in [5.41, 5.74) is 13.4. The molecule has 0 radical (unpaired) electrons. The summed E-state index contributed by atoms with van der Waals surface area (Å²) in [6, 6.07) is 7.73. The van der Waals surface area contributed by atoms with E-state index in [0.717, 1.165) is 11.1 Å². The Morgan fingerprint density at radius 3 is 2.74 bits per heavy atom. The molecule has 0 fully saturated rings. The molecule has 0 aromatic heterocycles. The SMILES string of the molecule is Cc1ccccc1CC1(N)N=C(N)C([N+](=O)[O-])=CN1. The molecule has 0 spiro atoms. The Bertz CT molecular complexity index is 581. The molecule has 5 N–H and O–H groups in total. The first kappa shape index (κ1) is 13.0. The molecule has 1 aromatic carbocycles. The quantitative estimate of drug-likeness (QED) is 0.531. The molecule has 1 atom stereocenters. The fourth-order valence-corrected chi connectivity index (χ4v) is 1.91. The third kappa shape index (κ3) is 2.71. The van der Waals surface area contributed by atoms with E-state index >= 15 is 0 Å². The van der Waals surface area contributed by atoms with Crippen molar-refractivity contribution in [1.29, 1.82) is 0 Å². The number of aliphatic imine (C=N–C) groups is 1. The molecule has 100 valence electrons. The minimum Gasteiger partial charge on any atom is -0.378 e. The molecule has 7 heteroatoms. The average Bonchev–Trinajstić information content (AvgIpc) is 2.31. The monoisotopic (exact) mass is 261 g/mol. The second kappa shape index (κ2) is 4.69. The van der Waals surface area contributed by atoms with E-state index in [1.807, 2.05) is 31.2 Å². The van der Waals surface area contributed by atoms with Crippen LogP contribution < -0.4 is 16.8 Å². The van der Waals surface area contributed by atoms with Crippen molar-refractivity contribution in [2.24, 2.45) is 16.5 Å². The lowest BCUT2D eigenvalue weighted by atomic mass is 10.0. The average molecular weight is 261 g/mol. The summed E-state index contributed by atoms with van der Waals surface area (Å²) in [6.07, 6.45) is 1.59. The highest BCUT2D eigenvalue weighted by Gasteiger charge is 2.32. The molecule has 1 heterocycles. The van der Waals surface area contributed by atoms with Crippen molar-refractivity contribution in [1.82, 2.24) is 5.32 Å². The molecule has 0 saturated heterocycles. The fourth-order valence-electron chi connectivity index (χ4n) is 1.91. The van der Waals surface area contributed by atoms with Crippen LogP contribution in [0.15, 0.2) is 41.2 Å². The standard InChI is InChI=1S/C12H15N5O2/c1-8-4-2-3-5-9(8)6-12(14)15-7-10(17(18)19)11(13)16-12/h2-5,7,15H,6,14H2,1H3,(H2,13,16). The van der Waals surface area contributed by atoms with Crippen LogP contribution in [0.25, 0.3) is 0 Å². The lowest BCUT2D eigenvalue weighted by Crippen LogP contribution is -2.55. The van der Waals surface area contributed by atoms with Gasteiger partial charge in [0.05, 0.1) is 11.1 Å². The molecule has 0 aliphatic carbocycles. The first-order valence-electron chi connectivity index (χ1n) is 5.73. The maximum absolute atomic E-state index is 10.7. The Morgan fingerprint density at radius 1 is 1.47 bits per heavy atom. The number of nitrogens with one attached hydrogen (secondary N) is 1. The minimum absolute atomic E-state index is 0.167. The Morgan fingerprint density at radius 2 is 2.16 bits per heavy atom. The van der Waals surface area contributed by atoms with E-state index in [4.69, 9.17) is 11.5 Å². The highest BCUT2D eigenvalue weighted by atomic mass is 16.6. The molecular weight excluding hydrogens is 246 g/mol. The second-order valence-corrected chi connectivity index (χ2v) is 4.46. The summed E-state index contributed by atoms with van der Waals surface area (Å²) in [5, 5.41) is 13.4. The van der Waals surface area contributed by atoms with E-state index in [1.54, 1.807) is 0 Å². The largest absolute Gasteiger partial charge is 0.378 e. The van der Waals surface area contributed by atoms with Crippen LogP contribution in [0.3, 0.4) is 0 Å². The Kier molecular flexibility index (Phi) is 3.22. The topological polar surface area (TPSA) is 120 Å². The third-order valence-electron chi connectivity index (χ3n) is 2.96. The van der Waals surface area contributed by atoms with E-state index in [0.29, 0.717) is 6.42 Å². The van der Waals surface area contributed by atoms with E-state index in [-0.39, 0.29) is 11.5 Å². The summed E-state index contributed by atoms with van der Waals surface area (Å²) in [7, 11) is 0. The van der Waals surface area contributed by atoms with E-state index in [1.165, 1.54) is 6.20 Å². The van der Waals surface area contributed by atoms with Gasteiger partial charge >= 0.3 is 5.70 Å². The zero-order valence-corrected chi connectivity index (χ0v) is 10.5. The first-order valence-corrected chi connectivity index (χ1v) is 5.73. The molecule has 1 unspecified atom stereocenters. The van der Waals surface area contributed by atoms with Crippen LogP contribution in [-0.4, -0.2) is 16.5 Å². The Hall–Kier alpha value is -2.41. The van der Waals surface area contributed by atoms with Crippen molar-refractivity contribution in [2.45, 2.75) is 19.1 Å². The van der Waals surface area contributed by atoms with Crippen LogP contribution in [0.5, 0.6) is 0 Å². The molecule has 0 amide bonds. The molecule has 0 bridgehead atoms. The van der Waals surface area contributed by atoms with Crippen LogP contribution in [0.4, 0.5) is 0 Å². The van der Waals surface area contributed by atoms with Gasteiger partial charge in [0.25, 0.3) is 0 Å². The van der Waals surface area contributed by atoms with Gasteiger partial charge in [0, 0.05) is 6.42 Å². The van der Waals surface area contributed by atoms with E-state index < -0.39 is 10.7 Å². The van der Waals surface area contributed by atoms with Gasteiger partial charge in [-0.2, -0.15) is 0 Å². The maximum atomic E-state index is 10.7. The molecule has 19 heavy (non-hydrogen) atoms. The summed E-state index contributed by atoms with van der Waals surface area (Å²) in [6.45, 7) is 1.97. The first-order chi connectivity index (χ1) is 8.91. The maximum Gasteiger partial charge on any atom is 0.326 e. The van der Waals surface area contributed by atoms with Gasteiger partial charge < -0.3 is 11.1 Å². The number of nitrogens with two attached hydrogens (primary N) is 2. The van der Waals surface area contributed by atoms with Crippen LogP contribution in [-0.2, 0) is 6.42 Å². The van der Waals surface area contributed by atoms with Gasteiger partial charge in [0.15, 0.2) is 5.79 Å². The van der Waals surface area contributed by atoms with E-state index in [9.17, 15) is 10.1 Å². The van der Waals surface area contributed by atoms with Gasteiger partial charge in [0.1, 0.15) is 0 Å². The minimum atomic E-state index is -1.16. The summed E-state index contributed by atoms with van der Waals surface area (Å²) < 4.78 is 0. The molecule has 1 aliphatic heterocycles. The lowest BCUT2D eigenvalue weighted by Gasteiger charge is -2.28. The number of nitrogens with zero attached hydrogens (tertiary/aromatic N) is 2. The van der Waals surface area contributed by atoms with Gasteiger partial charge in [-0.25, -0.2) is 4.99 Å². The zero-order chi connectivity index (χ0) is 14.0. The number of nitro groups is 1. The van der Waals surface area contributed by atoms with E-state index in [2.05, 4.69) is 10.3 Å². The van der Waals surface area contributed by atoms with Crippen LogP contribution in [0.2, 0.25) is 0 Å². The molecule has 1 aliphatic rings. The number of amidine groups is 1. The van der Waals surface area contributed by atoms with Gasteiger partial charge in [-0.1, -0.05) is 24.3 Å². The smallest absolute Gasteiger partial charge is 0.326 e. The molecule has 0 saturated carbocycles. The number of hydrogen-bond acceptors (Lipinski definition) is 6. The second-order valence-electron chi connectivity index (χ2n) is 4.46. The van der Waals surface area contributed by atoms with Gasteiger partial charge in [-0.15, -0.1) is 0 Å². The highest BCUT2D eigenvalue weighted by molar-refractivity contribution is 5.95. The van der Waals surface area contributed by atoms with Crippen LogP contribution in [0, 0.1) is 17.0 Å². The van der Waals surface area contributed by atoms with Crippen molar-refractivity contribution >= 4 is 5.84 Å². The summed E-state index contributed by atoms with van der Waals surface area (Å²) in [5.74, 6) is -1.32. The number of hydrogen-bond donors (Lipinski definition) is 3. The lowest BCUT2D eigenvalue weighted by molar-refractivity contribution is -0.416. The normalized spacial score (nSPS) is 22.2. The van der Waals surface area contributed by atoms with Crippen LogP contribution >= 0.6 is 0 Å². The van der Waals surface area contributed by atoms with Crippen molar-refractivity contribution < 1.29 is 4.92 Å². The molecule has 7 nitrogen and oxygen atoms in total. The van der Waals surface area contributed by atoms with Gasteiger partial charge in [-0.3, -0.25) is 15.8 Å².